The number of urea groups is 1. The Labute approximate surface area is 59.7 Å². The van der Waals surface area contributed by atoms with Crippen LogP contribution in [-0.4, -0.2) is 24.8 Å². The summed E-state index contributed by atoms with van der Waals surface area (Å²) in [6.45, 7) is 3.19. The highest BCUT2D eigenvalue weighted by Gasteiger charge is 2.30. The second kappa shape index (κ2) is 2.46. The number of nitrogens with one attached hydrogen (secondary N) is 1. The van der Waals surface area contributed by atoms with Crippen LogP contribution in [0.3, 0.4) is 0 Å². The molecule has 0 saturated carbocycles. The van der Waals surface area contributed by atoms with Crippen molar-refractivity contribution in [3.05, 3.63) is 0 Å². The van der Waals surface area contributed by atoms with E-state index in [9.17, 15) is 4.79 Å². The van der Waals surface area contributed by atoms with Gasteiger partial charge in [0.25, 0.3) is 0 Å². The summed E-state index contributed by atoms with van der Waals surface area (Å²) < 4.78 is 5.09. The minimum Gasteiger partial charge on any atom is -0.379 e. The van der Waals surface area contributed by atoms with Crippen molar-refractivity contribution in [2.45, 2.75) is 18.9 Å². The Hall–Kier alpha value is -0.770. The lowest BCUT2D eigenvalue weighted by Gasteiger charge is -2.21. The maximum atomic E-state index is 10.4. The smallest absolute Gasteiger partial charge is 0.312 e. The summed E-state index contributed by atoms with van der Waals surface area (Å²) >= 11 is 0. The molecule has 1 unspecified atom stereocenters. The average Bonchev–Trinajstić information content (AvgIpc) is 2.12. The minimum atomic E-state index is -0.479. The van der Waals surface area contributed by atoms with E-state index in [1.165, 1.54) is 0 Å². The highest BCUT2D eigenvalue weighted by Crippen LogP contribution is 2.16. The average molecular weight is 144 g/mol. The van der Waals surface area contributed by atoms with Gasteiger partial charge in [-0.3, -0.25) is 0 Å². The van der Waals surface area contributed by atoms with E-state index in [2.05, 4.69) is 5.32 Å². The first kappa shape index (κ1) is 7.34. The molecule has 1 saturated heterocycles. The van der Waals surface area contributed by atoms with Crippen molar-refractivity contribution in [1.29, 1.82) is 0 Å². The highest BCUT2D eigenvalue weighted by atomic mass is 16.5. The monoisotopic (exact) mass is 144 g/mol. The lowest BCUT2D eigenvalue weighted by molar-refractivity contribution is 0.172. The molecule has 58 valence electrons. The number of nitrogens with two attached hydrogens (primary N) is 1. The van der Waals surface area contributed by atoms with Gasteiger partial charge >= 0.3 is 6.03 Å². The van der Waals surface area contributed by atoms with E-state index in [0.717, 1.165) is 6.42 Å². The number of hydrogen-bond acceptors (Lipinski definition) is 2. The summed E-state index contributed by atoms with van der Waals surface area (Å²) in [6.07, 6.45) is 0.843. The zero-order valence-corrected chi connectivity index (χ0v) is 6.02. The number of amides is 2. The zero-order valence-electron chi connectivity index (χ0n) is 6.02. The zero-order chi connectivity index (χ0) is 7.61. The van der Waals surface area contributed by atoms with Crippen LogP contribution in [0.1, 0.15) is 13.3 Å². The molecule has 4 nitrogen and oxygen atoms in total. The molecule has 10 heavy (non-hydrogen) atoms. The Morgan fingerprint density at radius 3 is 2.90 bits per heavy atom. The molecule has 1 rings (SSSR count). The quantitative estimate of drug-likeness (QED) is 0.536. The van der Waals surface area contributed by atoms with Crippen LogP contribution in [0.15, 0.2) is 0 Å². The first-order valence-corrected chi connectivity index (χ1v) is 3.28. The van der Waals surface area contributed by atoms with Crippen LogP contribution in [0.4, 0.5) is 4.79 Å². The SMILES string of the molecule is CC1(NC(N)=O)CCOC1. The predicted molar refractivity (Wildman–Crippen MR) is 36.6 cm³/mol. The minimum absolute atomic E-state index is 0.230. The van der Waals surface area contributed by atoms with Crippen molar-refractivity contribution in [2.75, 3.05) is 13.2 Å². The molecule has 1 aliphatic heterocycles. The van der Waals surface area contributed by atoms with E-state index < -0.39 is 6.03 Å². The molecule has 0 aromatic rings. The van der Waals surface area contributed by atoms with Gasteiger partial charge in [-0.05, 0) is 13.3 Å². The fraction of sp³-hybridized carbons (Fsp3) is 0.833. The normalized spacial score (nSPS) is 32.1. The second-order valence-electron chi connectivity index (χ2n) is 2.85. The topological polar surface area (TPSA) is 64.3 Å². The van der Waals surface area contributed by atoms with Gasteiger partial charge in [0, 0.05) is 6.61 Å². The van der Waals surface area contributed by atoms with Gasteiger partial charge in [-0.2, -0.15) is 0 Å². The summed E-state index contributed by atoms with van der Waals surface area (Å²) in [6, 6.07) is -0.479. The first-order valence-electron chi connectivity index (χ1n) is 3.28. The summed E-state index contributed by atoms with van der Waals surface area (Å²) in [7, 11) is 0. The maximum Gasteiger partial charge on any atom is 0.312 e. The number of rotatable bonds is 1. The number of primary amides is 1. The summed E-state index contributed by atoms with van der Waals surface area (Å²) in [5.74, 6) is 0. The molecule has 0 aromatic carbocycles. The van der Waals surface area contributed by atoms with Crippen LogP contribution < -0.4 is 11.1 Å². The molecule has 0 aromatic heterocycles. The van der Waals surface area contributed by atoms with Crippen molar-refractivity contribution < 1.29 is 9.53 Å². The third-order valence-corrected chi connectivity index (χ3v) is 1.64. The van der Waals surface area contributed by atoms with Gasteiger partial charge < -0.3 is 15.8 Å². The van der Waals surface area contributed by atoms with Gasteiger partial charge in [0.2, 0.25) is 0 Å². The largest absolute Gasteiger partial charge is 0.379 e. The molecule has 1 heterocycles. The molecule has 0 radical (unpaired) electrons. The van der Waals surface area contributed by atoms with Crippen LogP contribution in [0.5, 0.6) is 0 Å². The van der Waals surface area contributed by atoms with E-state index in [-0.39, 0.29) is 5.54 Å². The molecule has 2 amide bonds. The number of carbonyl (C=O) groups excluding carboxylic acids is 1. The molecular formula is C6H12N2O2. The van der Waals surface area contributed by atoms with Crippen LogP contribution in [0, 0.1) is 0 Å². The Morgan fingerprint density at radius 2 is 2.50 bits per heavy atom. The molecular weight excluding hydrogens is 132 g/mol. The van der Waals surface area contributed by atoms with E-state index in [4.69, 9.17) is 10.5 Å². The van der Waals surface area contributed by atoms with Gasteiger partial charge in [-0.25, -0.2) is 4.79 Å². The van der Waals surface area contributed by atoms with Gasteiger partial charge in [-0.1, -0.05) is 0 Å². The number of ether oxygens (including phenoxy) is 1. The molecule has 0 spiro atoms. The van der Waals surface area contributed by atoms with E-state index in [1.807, 2.05) is 6.92 Å². The molecule has 1 atom stereocenters. The second-order valence-corrected chi connectivity index (χ2v) is 2.85. The Balaban J connectivity index is 2.43. The van der Waals surface area contributed by atoms with Crippen LogP contribution in [-0.2, 0) is 4.74 Å². The van der Waals surface area contributed by atoms with Crippen molar-refractivity contribution in [1.82, 2.24) is 5.32 Å². The number of carbonyl (C=O) groups is 1. The van der Waals surface area contributed by atoms with E-state index in [0.29, 0.717) is 13.2 Å². The number of hydrogen-bond donors (Lipinski definition) is 2. The fourth-order valence-electron chi connectivity index (χ4n) is 1.06. The summed E-state index contributed by atoms with van der Waals surface area (Å²) in [5, 5.41) is 2.63. The molecule has 1 fully saturated rings. The van der Waals surface area contributed by atoms with Crippen LogP contribution in [0.25, 0.3) is 0 Å². The van der Waals surface area contributed by atoms with Crippen LogP contribution in [0.2, 0.25) is 0 Å². The maximum absolute atomic E-state index is 10.4. The lowest BCUT2D eigenvalue weighted by Crippen LogP contribution is -2.48. The van der Waals surface area contributed by atoms with E-state index >= 15 is 0 Å². The van der Waals surface area contributed by atoms with Gasteiger partial charge in [-0.15, -0.1) is 0 Å². The first-order chi connectivity index (χ1) is 4.62. The third kappa shape index (κ3) is 1.60. The standard InChI is InChI=1S/C6H12N2O2/c1-6(8-5(7)9)2-3-10-4-6/h2-4H2,1H3,(H3,7,8,9). The van der Waals surface area contributed by atoms with Gasteiger partial charge in [0.1, 0.15) is 0 Å². The van der Waals surface area contributed by atoms with Crippen molar-refractivity contribution in [2.24, 2.45) is 5.73 Å². The Kier molecular flexibility index (Phi) is 1.80. The third-order valence-electron chi connectivity index (χ3n) is 1.64. The molecule has 3 N–H and O–H groups in total. The van der Waals surface area contributed by atoms with E-state index in [1.54, 1.807) is 0 Å². The highest BCUT2D eigenvalue weighted by molar-refractivity contribution is 5.72. The lowest BCUT2D eigenvalue weighted by atomic mass is 10.0. The summed E-state index contributed by atoms with van der Waals surface area (Å²) in [5.41, 5.74) is 4.72. The van der Waals surface area contributed by atoms with Crippen molar-refractivity contribution in [3.8, 4) is 0 Å². The molecule has 0 aliphatic carbocycles. The van der Waals surface area contributed by atoms with Gasteiger partial charge in [0.15, 0.2) is 0 Å². The Morgan fingerprint density at radius 1 is 1.80 bits per heavy atom. The van der Waals surface area contributed by atoms with Crippen molar-refractivity contribution >= 4 is 6.03 Å². The van der Waals surface area contributed by atoms with Crippen molar-refractivity contribution in [3.63, 3.8) is 0 Å². The summed E-state index contributed by atoms with van der Waals surface area (Å²) in [4.78, 5) is 10.4. The predicted octanol–water partition coefficient (Wildman–Crippen LogP) is -0.166. The molecule has 1 aliphatic rings. The fourth-order valence-corrected chi connectivity index (χ4v) is 1.06. The van der Waals surface area contributed by atoms with Gasteiger partial charge in [0.05, 0.1) is 12.1 Å². The Bertz CT molecular complexity index is 141. The van der Waals surface area contributed by atoms with Crippen LogP contribution >= 0.6 is 0 Å². The molecule has 0 bridgehead atoms. The molecule has 4 heteroatoms.